The Labute approximate surface area is 134 Å². The average molecular weight is 306 g/mol. The third kappa shape index (κ3) is 4.93. The molecule has 1 aromatic carbocycles. The van der Waals surface area contributed by atoms with Crippen molar-refractivity contribution >= 4 is 11.8 Å². The standard InChI is InChI=1S/C18H30N2O2/c1-8-19-16-12-15(11-10-13(16)3)14(4)20(9-2)17(21)22-18(5,6)7/h10-12,14,19H,8-9H2,1-7H3/t14-/m1/s1. The lowest BCUT2D eigenvalue weighted by Gasteiger charge is -2.31. The molecule has 0 saturated heterocycles. The molecule has 0 aliphatic carbocycles. The molecule has 0 bridgehead atoms. The molecule has 4 nitrogen and oxygen atoms in total. The molecule has 1 rings (SSSR count). The molecule has 22 heavy (non-hydrogen) atoms. The van der Waals surface area contributed by atoms with E-state index in [1.807, 2.05) is 34.6 Å². The Morgan fingerprint density at radius 3 is 2.45 bits per heavy atom. The predicted molar refractivity (Wildman–Crippen MR) is 92.4 cm³/mol. The van der Waals surface area contributed by atoms with E-state index < -0.39 is 5.60 Å². The van der Waals surface area contributed by atoms with Crippen LogP contribution in [-0.4, -0.2) is 29.7 Å². The van der Waals surface area contributed by atoms with Gasteiger partial charge in [-0.05, 0) is 65.7 Å². The van der Waals surface area contributed by atoms with E-state index in [0.29, 0.717) is 6.54 Å². The van der Waals surface area contributed by atoms with Gasteiger partial charge in [-0.15, -0.1) is 0 Å². The van der Waals surface area contributed by atoms with Gasteiger partial charge in [0.2, 0.25) is 0 Å². The summed E-state index contributed by atoms with van der Waals surface area (Å²) in [5.74, 6) is 0. The Hall–Kier alpha value is -1.71. The number of nitrogens with zero attached hydrogens (tertiary/aromatic N) is 1. The van der Waals surface area contributed by atoms with Gasteiger partial charge < -0.3 is 15.0 Å². The number of rotatable bonds is 5. The first-order valence-electron chi connectivity index (χ1n) is 8.03. The molecular formula is C18H30N2O2. The number of carbonyl (C=O) groups excluding carboxylic acids is 1. The molecule has 0 saturated carbocycles. The molecule has 0 unspecified atom stereocenters. The smallest absolute Gasteiger partial charge is 0.410 e. The van der Waals surface area contributed by atoms with E-state index in [4.69, 9.17) is 4.74 Å². The zero-order chi connectivity index (χ0) is 16.9. The van der Waals surface area contributed by atoms with Crippen LogP contribution in [0.25, 0.3) is 0 Å². The predicted octanol–water partition coefficient (Wildman–Crippen LogP) is 4.74. The van der Waals surface area contributed by atoms with Crippen molar-refractivity contribution in [3.05, 3.63) is 29.3 Å². The number of ether oxygens (including phenoxy) is 1. The maximum absolute atomic E-state index is 12.4. The fourth-order valence-corrected chi connectivity index (χ4v) is 2.34. The van der Waals surface area contributed by atoms with Gasteiger partial charge in [-0.3, -0.25) is 0 Å². The van der Waals surface area contributed by atoms with E-state index in [0.717, 1.165) is 17.8 Å². The zero-order valence-corrected chi connectivity index (χ0v) is 15.0. The van der Waals surface area contributed by atoms with Crippen molar-refractivity contribution in [2.24, 2.45) is 0 Å². The topological polar surface area (TPSA) is 41.6 Å². The van der Waals surface area contributed by atoms with Gasteiger partial charge in [-0.1, -0.05) is 12.1 Å². The zero-order valence-electron chi connectivity index (χ0n) is 15.0. The van der Waals surface area contributed by atoms with Gasteiger partial charge in [0.15, 0.2) is 0 Å². The Morgan fingerprint density at radius 1 is 1.32 bits per heavy atom. The molecule has 0 aliphatic rings. The Kier molecular flexibility index (Phi) is 6.27. The van der Waals surface area contributed by atoms with Crippen molar-refractivity contribution < 1.29 is 9.53 Å². The van der Waals surface area contributed by atoms with Crippen LogP contribution in [0, 0.1) is 6.92 Å². The maximum atomic E-state index is 12.4. The molecule has 0 aliphatic heterocycles. The normalized spacial score (nSPS) is 12.7. The van der Waals surface area contributed by atoms with Crippen molar-refractivity contribution in [2.75, 3.05) is 18.4 Å². The minimum Gasteiger partial charge on any atom is -0.444 e. The molecular weight excluding hydrogens is 276 g/mol. The number of nitrogens with one attached hydrogen (secondary N) is 1. The molecule has 0 radical (unpaired) electrons. The van der Waals surface area contributed by atoms with Crippen molar-refractivity contribution in [1.82, 2.24) is 4.90 Å². The monoisotopic (exact) mass is 306 g/mol. The number of anilines is 1. The van der Waals surface area contributed by atoms with Crippen molar-refractivity contribution in [3.8, 4) is 0 Å². The molecule has 0 heterocycles. The van der Waals surface area contributed by atoms with Crippen LogP contribution in [0.1, 0.15) is 58.7 Å². The molecule has 1 atom stereocenters. The molecule has 0 fully saturated rings. The molecule has 4 heteroatoms. The summed E-state index contributed by atoms with van der Waals surface area (Å²) in [5, 5.41) is 3.36. The fraction of sp³-hybridized carbons (Fsp3) is 0.611. The van der Waals surface area contributed by atoms with E-state index in [1.54, 1.807) is 4.90 Å². The molecule has 0 spiro atoms. The minimum atomic E-state index is -0.480. The lowest BCUT2D eigenvalue weighted by atomic mass is 10.0. The van der Waals surface area contributed by atoms with E-state index in [-0.39, 0.29) is 12.1 Å². The highest BCUT2D eigenvalue weighted by Crippen LogP contribution is 2.26. The SMILES string of the molecule is CCNc1cc([C@@H](C)N(CC)C(=O)OC(C)(C)C)ccc1C. The number of hydrogen-bond acceptors (Lipinski definition) is 3. The van der Waals surface area contributed by atoms with Crippen LogP contribution in [0.15, 0.2) is 18.2 Å². The summed E-state index contributed by atoms with van der Waals surface area (Å²) in [6.45, 7) is 15.3. The van der Waals surface area contributed by atoms with Crippen molar-refractivity contribution in [3.63, 3.8) is 0 Å². The molecule has 1 amide bonds. The molecule has 1 aromatic rings. The average Bonchev–Trinajstić information content (AvgIpc) is 2.40. The quantitative estimate of drug-likeness (QED) is 0.854. The first-order chi connectivity index (χ1) is 10.2. The Bertz CT molecular complexity index is 506. The van der Waals surface area contributed by atoms with Gasteiger partial charge in [-0.25, -0.2) is 4.79 Å². The fourth-order valence-electron chi connectivity index (χ4n) is 2.34. The van der Waals surface area contributed by atoms with Crippen LogP contribution in [0.2, 0.25) is 0 Å². The lowest BCUT2D eigenvalue weighted by Crippen LogP contribution is -2.38. The first-order valence-corrected chi connectivity index (χ1v) is 8.03. The highest BCUT2D eigenvalue weighted by atomic mass is 16.6. The summed E-state index contributed by atoms with van der Waals surface area (Å²) in [6.07, 6.45) is -0.270. The number of hydrogen-bond donors (Lipinski definition) is 1. The van der Waals surface area contributed by atoms with Gasteiger partial charge >= 0.3 is 6.09 Å². The number of benzene rings is 1. The van der Waals surface area contributed by atoms with E-state index >= 15 is 0 Å². The van der Waals surface area contributed by atoms with Gasteiger partial charge in [0.05, 0.1) is 6.04 Å². The van der Waals surface area contributed by atoms with Crippen LogP contribution in [-0.2, 0) is 4.74 Å². The van der Waals surface area contributed by atoms with E-state index in [1.165, 1.54) is 5.56 Å². The number of carbonyl (C=O) groups is 1. The summed E-state index contributed by atoms with van der Waals surface area (Å²) < 4.78 is 5.51. The summed E-state index contributed by atoms with van der Waals surface area (Å²) >= 11 is 0. The second kappa shape index (κ2) is 7.52. The Balaban J connectivity index is 2.98. The van der Waals surface area contributed by atoms with Crippen LogP contribution in [0.4, 0.5) is 10.5 Å². The van der Waals surface area contributed by atoms with Gasteiger partial charge in [0.1, 0.15) is 5.60 Å². The second-order valence-electron chi connectivity index (χ2n) is 6.55. The van der Waals surface area contributed by atoms with E-state index in [9.17, 15) is 4.79 Å². The number of amides is 1. The highest BCUT2D eigenvalue weighted by Gasteiger charge is 2.25. The largest absolute Gasteiger partial charge is 0.444 e. The third-order valence-electron chi connectivity index (χ3n) is 3.55. The summed E-state index contributed by atoms with van der Waals surface area (Å²) in [7, 11) is 0. The van der Waals surface area contributed by atoms with Gasteiger partial charge in [0.25, 0.3) is 0 Å². The molecule has 1 N–H and O–H groups in total. The van der Waals surface area contributed by atoms with Crippen molar-refractivity contribution in [1.29, 1.82) is 0 Å². The van der Waals surface area contributed by atoms with Crippen LogP contribution in [0.5, 0.6) is 0 Å². The second-order valence-corrected chi connectivity index (χ2v) is 6.55. The van der Waals surface area contributed by atoms with E-state index in [2.05, 4.69) is 37.4 Å². The van der Waals surface area contributed by atoms with Crippen LogP contribution >= 0.6 is 0 Å². The molecule has 0 aromatic heterocycles. The van der Waals surface area contributed by atoms with Crippen LogP contribution in [0.3, 0.4) is 0 Å². The van der Waals surface area contributed by atoms with Crippen LogP contribution < -0.4 is 5.32 Å². The number of aryl methyl sites for hydroxylation is 1. The summed E-state index contributed by atoms with van der Waals surface area (Å²) in [5.41, 5.74) is 2.95. The summed E-state index contributed by atoms with van der Waals surface area (Å²) in [6, 6.07) is 6.26. The maximum Gasteiger partial charge on any atom is 0.410 e. The third-order valence-corrected chi connectivity index (χ3v) is 3.55. The summed E-state index contributed by atoms with van der Waals surface area (Å²) in [4.78, 5) is 14.1. The lowest BCUT2D eigenvalue weighted by molar-refractivity contribution is 0.0186. The van der Waals surface area contributed by atoms with Crippen molar-refractivity contribution in [2.45, 2.75) is 60.1 Å². The highest BCUT2D eigenvalue weighted by molar-refractivity contribution is 5.69. The van der Waals surface area contributed by atoms with Gasteiger partial charge in [0, 0.05) is 18.8 Å². The Morgan fingerprint density at radius 2 is 1.95 bits per heavy atom. The minimum absolute atomic E-state index is 0.0298. The van der Waals surface area contributed by atoms with Gasteiger partial charge in [-0.2, -0.15) is 0 Å². The molecule has 124 valence electrons. The first kappa shape index (κ1) is 18.3.